The molecule has 1 aromatic heterocycles. The Morgan fingerprint density at radius 2 is 1.76 bits per heavy atom. The lowest BCUT2D eigenvalue weighted by Crippen LogP contribution is -2.33. The minimum atomic E-state index is -0.252. The van der Waals surface area contributed by atoms with Gasteiger partial charge in [-0.05, 0) is 53.3 Å². The third-order valence-corrected chi connectivity index (χ3v) is 7.29. The zero-order chi connectivity index (χ0) is 25.2. The van der Waals surface area contributed by atoms with Crippen LogP contribution in [0.1, 0.15) is 41.3 Å². The highest BCUT2D eigenvalue weighted by molar-refractivity contribution is 5.78. The summed E-state index contributed by atoms with van der Waals surface area (Å²) in [6.45, 7) is 5.47. The van der Waals surface area contributed by atoms with E-state index in [-0.39, 0.29) is 18.6 Å². The second-order valence-corrected chi connectivity index (χ2v) is 9.87. The van der Waals surface area contributed by atoms with E-state index in [0.717, 1.165) is 50.7 Å². The maximum atomic E-state index is 12.5. The largest absolute Gasteiger partial charge is 0.484 e. The summed E-state index contributed by atoms with van der Waals surface area (Å²) in [4.78, 5) is 14.9. The quantitative estimate of drug-likeness (QED) is 0.369. The van der Waals surface area contributed by atoms with Gasteiger partial charge in [-0.1, -0.05) is 60.7 Å². The monoisotopic (exact) mass is 493 g/mol. The fourth-order valence-electron chi connectivity index (χ4n) is 5.44. The van der Waals surface area contributed by atoms with Crippen molar-refractivity contribution >= 4 is 5.91 Å². The van der Waals surface area contributed by atoms with E-state index in [1.165, 1.54) is 27.8 Å². The van der Waals surface area contributed by atoms with E-state index >= 15 is 0 Å². The van der Waals surface area contributed by atoms with Crippen molar-refractivity contribution in [1.82, 2.24) is 25.0 Å². The Bertz CT molecular complexity index is 1410. The van der Waals surface area contributed by atoms with Crippen LogP contribution in [0.2, 0.25) is 0 Å². The number of nitrogens with zero attached hydrogens (tertiary/aromatic N) is 4. The van der Waals surface area contributed by atoms with E-state index in [1.54, 1.807) is 0 Å². The average Bonchev–Trinajstić information content (AvgIpc) is 3.44. The van der Waals surface area contributed by atoms with Crippen LogP contribution >= 0.6 is 0 Å². The second kappa shape index (κ2) is 10.2. The van der Waals surface area contributed by atoms with Crippen LogP contribution in [0.15, 0.2) is 72.8 Å². The molecule has 0 radical (unpaired) electrons. The molecule has 3 aromatic carbocycles. The molecule has 1 N–H and O–H groups in total. The molecule has 0 saturated carbocycles. The first-order chi connectivity index (χ1) is 18.1. The van der Waals surface area contributed by atoms with E-state index in [2.05, 4.69) is 67.4 Å². The summed E-state index contributed by atoms with van der Waals surface area (Å²) in [6, 6.07) is 24.7. The lowest BCUT2D eigenvalue weighted by Gasteiger charge is -2.20. The third-order valence-electron chi connectivity index (χ3n) is 7.29. The molecule has 0 bridgehead atoms. The van der Waals surface area contributed by atoms with Crippen molar-refractivity contribution in [3.63, 3.8) is 0 Å². The molecule has 0 spiro atoms. The molecule has 1 aliphatic carbocycles. The van der Waals surface area contributed by atoms with Crippen molar-refractivity contribution in [3.8, 4) is 16.9 Å². The summed E-state index contributed by atoms with van der Waals surface area (Å²) < 4.78 is 7.74. The molecule has 4 aromatic rings. The number of rotatable bonds is 7. The van der Waals surface area contributed by atoms with E-state index in [9.17, 15) is 4.79 Å². The van der Waals surface area contributed by atoms with Crippen molar-refractivity contribution < 1.29 is 9.53 Å². The highest BCUT2D eigenvalue weighted by Gasteiger charge is 2.24. The average molecular weight is 494 g/mol. The summed E-state index contributed by atoms with van der Waals surface area (Å²) in [5.74, 6) is 2.26. The fourth-order valence-corrected chi connectivity index (χ4v) is 5.44. The lowest BCUT2D eigenvalue weighted by atomic mass is 10.0. The van der Waals surface area contributed by atoms with Crippen LogP contribution in [0.25, 0.3) is 11.1 Å². The van der Waals surface area contributed by atoms with Gasteiger partial charge in [-0.3, -0.25) is 9.69 Å². The Morgan fingerprint density at radius 1 is 0.946 bits per heavy atom. The fraction of sp³-hybridized carbons (Fsp3) is 0.300. The third kappa shape index (κ3) is 5.00. The van der Waals surface area contributed by atoms with Gasteiger partial charge < -0.3 is 14.6 Å². The van der Waals surface area contributed by atoms with Crippen molar-refractivity contribution in [2.75, 3.05) is 19.7 Å². The van der Waals surface area contributed by atoms with Gasteiger partial charge in [-0.25, -0.2) is 0 Å². The minimum absolute atomic E-state index is 0.0328. The highest BCUT2D eigenvalue weighted by Crippen LogP contribution is 2.36. The minimum Gasteiger partial charge on any atom is -0.484 e. The van der Waals surface area contributed by atoms with Gasteiger partial charge in [0.1, 0.15) is 11.6 Å². The number of benzene rings is 3. The van der Waals surface area contributed by atoms with Crippen LogP contribution in [0.4, 0.5) is 0 Å². The molecule has 1 atom stereocenters. The Kier molecular flexibility index (Phi) is 6.45. The molecule has 37 heavy (non-hydrogen) atoms. The highest BCUT2D eigenvalue weighted by atomic mass is 16.5. The van der Waals surface area contributed by atoms with Crippen molar-refractivity contribution in [3.05, 3.63) is 101 Å². The lowest BCUT2D eigenvalue weighted by molar-refractivity contribution is -0.123. The summed E-state index contributed by atoms with van der Waals surface area (Å²) in [6.07, 6.45) is 1.85. The van der Waals surface area contributed by atoms with Gasteiger partial charge in [0.2, 0.25) is 0 Å². The molecule has 1 unspecified atom stereocenters. The standard InChI is InChI=1S/C30H31N5O2/c1-21(31-29(36)20-37-25-8-3-2-4-9-25)30-33-32-28-13-14-34(15-16-35(28)30)19-22-11-12-27-24(17-22)18-23-7-5-6-10-26(23)27/h2-12,17,21H,13-16,18-20H2,1H3,(H,31,36). The van der Waals surface area contributed by atoms with Gasteiger partial charge in [0, 0.05) is 32.6 Å². The van der Waals surface area contributed by atoms with E-state index in [0.29, 0.717) is 5.75 Å². The molecule has 2 aliphatic rings. The smallest absolute Gasteiger partial charge is 0.258 e. The number of carbonyl (C=O) groups is 1. The number of para-hydroxylation sites is 1. The number of amides is 1. The van der Waals surface area contributed by atoms with Crippen molar-refractivity contribution in [2.24, 2.45) is 0 Å². The number of ether oxygens (including phenoxy) is 1. The molecule has 2 heterocycles. The zero-order valence-corrected chi connectivity index (χ0v) is 21.1. The van der Waals surface area contributed by atoms with Crippen LogP contribution in [0, 0.1) is 0 Å². The topological polar surface area (TPSA) is 72.3 Å². The van der Waals surface area contributed by atoms with Gasteiger partial charge >= 0.3 is 0 Å². The normalized spacial score (nSPS) is 15.3. The van der Waals surface area contributed by atoms with E-state index < -0.39 is 0 Å². The molecule has 0 saturated heterocycles. The second-order valence-electron chi connectivity index (χ2n) is 9.87. The molecule has 0 fully saturated rings. The van der Waals surface area contributed by atoms with Crippen LogP contribution < -0.4 is 10.1 Å². The first-order valence-corrected chi connectivity index (χ1v) is 13.0. The maximum Gasteiger partial charge on any atom is 0.258 e. The molecule has 1 aliphatic heterocycles. The summed E-state index contributed by atoms with van der Waals surface area (Å²) >= 11 is 0. The predicted octanol–water partition coefficient (Wildman–Crippen LogP) is 4.16. The number of aromatic nitrogens is 3. The molecule has 6 rings (SSSR count). The SMILES string of the molecule is CC(NC(=O)COc1ccccc1)c1nnc2n1CCN(Cc1ccc3c(c1)Cc1ccccc1-3)CC2. The number of carbonyl (C=O) groups excluding carboxylic acids is 1. The van der Waals surface area contributed by atoms with Crippen LogP contribution in [-0.4, -0.2) is 45.3 Å². The Labute approximate surface area is 217 Å². The zero-order valence-electron chi connectivity index (χ0n) is 21.1. The van der Waals surface area contributed by atoms with E-state index in [1.807, 2.05) is 37.3 Å². The van der Waals surface area contributed by atoms with Gasteiger partial charge in [0.25, 0.3) is 5.91 Å². The molecule has 7 nitrogen and oxygen atoms in total. The van der Waals surface area contributed by atoms with Gasteiger partial charge in [0.15, 0.2) is 12.4 Å². The van der Waals surface area contributed by atoms with Crippen LogP contribution in [-0.2, 0) is 30.7 Å². The number of nitrogens with one attached hydrogen (secondary N) is 1. The number of hydrogen-bond acceptors (Lipinski definition) is 5. The first kappa shape index (κ1) is 23.4. The number of fused-ring (bicyclic) bond motifs is 4. The van der Waals surface area contributed by atoms with Gasteiger partial charge in [-0.15, -0.1) is 10.2 Å². The molecule has 1 amide bonds. The molecular formula is C30H31N5O2. The van der Waals surface area contributed by atoms with Crippen molar-refractivity contribution in [1.29, 1.82) is 0 Å². The Balaban J connectivity index is 1.06. The van der Waals surface area contributed by atoms with Crippen LogP contribution in [0.3, 0.4) is 0 Å². The number of hydrogen-bond donors (Lipinski definition) is 1. The van der Waals surface area contributed by atoms with E-state index in [4.69, 9.17) is 4.74 Å². The van der Waals surface area contributed by atoms with Crippen molar-refractivity contribution in [2.45, 2.75) is 38.9 Å². The van der Waals surface area contributed by atoms with Gasteiger partial charge in [0.05, 0.1) is 6.04 Å². The Morgan fingerprint density at radius 3 is 2.65 bits per heavy atom. The van der Waals surface area contributed by atoms with Crippen LogP contribution in [0.5, 0.6) is 5.75 Å². The Hall–Kier alpha value is -3.97. The van der Waals surface area contributed by atoms with Gasteiger partial charge in [-0.2, -0.15) is 0 Å². The summed E-state index contributed by atoms with van der Waals surface area (Å²) in [5, 5.41) is 11.9. The molecule has 7 heteroatoms. The summed E-state index contributed by atoms with van der Waals surface area (Å²) in [5.41, 5.74) is 6.94. The summed E-state index contributed by atoms with van der Waals surface area (Å²) in [7, 11) is 0. The first-order valence-electron chi connectivity index (χ1n) is 13.0. The molecular weight excluding hydrogens is 462 g/mol. The predicted molar refractivity (Wildman–Crippen MR) is 142 cm³/mol. The maximum absolute atomic E-state index is 12.5. The molecule has 188 valence electrons.